The minimum atomic E-state index is 0.154. The molecule has 0 unspecified atom stereocenters. The number of benzene rings is 1. The van der Waals surface area contributed by atoms with Gasteiger partial charge in [0.05, 0.1) is 0 Å². The molecule has 0 aromatic heterocycles. The standard InChI is InChI=1S/C13H18N2O2/c1-10(16)15-7-5-11(6-8-15)14-12-3-2-4-13(17)9-12/h2-4,9,11,14,17H,5-8H2,1H3. The maximum atomic E-state index is 11.2. The van der Waals surface area contributed by atoms with Crippen LogP contribution < -0.4 is 5.32 Å². The summed E-state index contributed by atoms with van der Waals surface area (Å²) in [5, 5.41) is 12.7. The molecule has 92 valence electrons. The Morgan fingerprint density at radius 3 is 2.71 bits per heavy atom. The molecule has 1 aromatic rings. The number of phenolic OH excluding ortho intramolecular Hbond substituents is 1. The summed E-state index contributed by atoms with van der Waals surface area (Å²) in [5.41, 5.74) is 0.936. The Bertz CT molecular complexity index is 398. The molecule has 0 saturated carbocycles. The van der Waals surface area contributed by atoms with E-state index in [0.29, 0.717) is 6.04 Å². The summed E-state index contributed by atoms with van der Waals surface area (Å²) in [6, 6.07) is 7.52. The lowest BCUT2D eigenvalue weighted by Crippen LogP contribution is -2.41. The van der Waals surface area contributed by atoms with E-state index in [1.807, 2.05) is 17.0 Å². The average Bonchev–Trinajstić information content (AvgIpc) is 2.29. The third-order valence-electron chi connectivity index (χ3n) is 3.16. The number of nitrogens with one attached hydrogen (secondary N) is 1. The third kappa shape index (κ3) is 3.12. The van der Waals surface area contributed by atoms with Crippen molar-refractivity contribution in [3.05, 3.63) is 24.3 Å². The fourth-order valence-electron chi connectivity index (χ4n) is 2.17. The number of phenols is 1. The number of hydrogen-bond donors (Lipinski definition) is 2. The van der Waals surface area contributed by atoms with Gasteiger partial charge in [0.15, 0.2) is 0 Å². The fraction of sp³-hybridized carbons (Fsp3) is 0.462. The number of carbonyl (C=O) groups excluding carboxylic acids is 1. The van der Waals surface area contributed by atoms with Crippen LogP contribution in [0.5, 0.6) is 5.75 Å². The van der Waals surface area contributed by atoms with E-state index in [9.17, 15) is 9.90 Å². The van der Waals surface area contributed by atoms with Gasteiger partial charge >= 0.3 is 0 Å². The number of nitrogens with zero attached hydrogens (tertiary/aromatic N) is 1. The molecule has 1 aliphatic heterocycles. The molecule has 4 nitrogen and oxygen atoms in total. The highest BCUT2D eigenvalue weighted by Gasteiger charge is 2.20. The SMILES string of the molecule is CC(=O)N1CCC(Nc2cccc(O)c2)CC1. The second-order valence-corrected chi connectivity index (χ2v) is 4.48. The summed E-state index contributed by atoms with van der Waals surface area (Å²) in [6.45, 7) is 3.24. The molecule has 1 heterocycles. The van der Waals surface area contributed by atoms with Crippen molar-refractivity contribution in [1.29, 1.82) is 0 Å². The number of aromatic hydroxyl groups is 1. The minimum absolute atomic E-state index is 0.154. The summed E-state index contributed by atoms with van der Waals surface area (Å²) in [6.07, 6.45) is 1.91. The molecule has 1 aromatic carbocycles. The largest absolute Gasteiger partial charge is 0.508 e. The first kappa shape index (κ1) is 11.8. The quantitative estimate of drug-likeness (QED) is 0.820. The number of carbonyl (C=O) groups is 1. The topological polar surface area (TPSA) is 52.6 Å². The van der Waals surface area contributed by atoms with Gasteiger partial charge in [0.1, 0.15) is 5.75 Å². The lowest BCUT2D eigenvalue weighted by molar-refractivity contribution is -0.129. The van der Waals surface area contributed by atoms with Crippen LogP contribution in [0.15, 0.2) is 24.3 Å². The van der Waals surface area contributed by atoms with Crippen LogP contribution in [0.1, 0.15) is 19.8 Å². The Hall–Kier alpha value is -1.71. The highest BCUT2D eigenvalue weighted by Crippen LogP contribution is 2.20. The zero-order chi connectivity index (χ0) is 12.3. The molecule has 2 N–H and O–H groups in total. The summed E-state index contributed by atoms with van der Waals surface area (Å²) >= 11 is 0. The Kier molecular flexibility index (Phi) is 3.52. The zero-order valence-electron chi connectivity index (χ0n) is 10.0. The highest BCUT2D eigenvalue weighted by molar-refractivity contribution is 5.73. The van der Waals surface area contributed by atoms with E-state index in [4.69, 9.17) is 0 Å². The molecule has 4 heteroatoms. The van der Waals surface area contributed by atoms with Crippen LogP contribution in [0.4, 0.5) is 5.69 Å². The molecule has 0 bridgehead atoms. The Balaban J connectivity index is 1.88. The third-order valence-corrected chi connectivity index (χ3v) is 3.16. The second-order valence-electron chi connectivity index (χ2n) is 4.48. The van der Waals surface area contributed by atoms with E-state index in [-0.39, 0.29) is 11.7 Å². The minimum Gasteiger partial charge on any atom is -0.508 e. The molecule has 1 saturated heterocycles. The lowest BCUT2D eigenvalue weighted by Gasteiger charge is -2.32. The lowest BCUT2D eigenvalue weighted by atomic mass is 10.0. The van der Waals surface area contributed by atoms with Crippen LogP contribution in [-0.2, 0) is 4.79 Å². The summed E-state index contributed by atoms with van der Waals surface area (Å²) in [7, 11) is 0. The van der Waals surface area contributed by atoms with Crippen LogP contribution >= 0.6 is 0 Å². The summed E-state index contributed by atoms with van der Waals surface area (Å²) in [4.78, 5) is 13.1. The molecular formula is C13H18N2O2. The molecule has 1 amide bonds. The molecule has 0 aliphatic carbocycles. The predicted molar refractivity (Wildman–Crippen MR) is 67.0 cm³/mol. The van der Waals surface area contributed by atoms with E-state index < -0.39 is 0 Å². The van der Waals surface area contributed by atoms with Gasteiger partial charge in [-0.1, -0.05) is 6.07 Å². The second kappa shape index (κ2) is 5.08. The van der Waals surface area contributed by atoms with Crippen molar-refractivity contribution in [3.8, 4) is 5.75 Å². The van der Waals surface area contributed by atoms with Gasteiger partial charge in [-0.25, -0.2) is 0 Å². The van der Waals surface area contributed by atoms with Crippen LogP contribution in [0.2, 0.25) is 0 Å². The van der Waals surface area contributed by atoms with Gasteiger partial charge in [-0.3, -0.25) is 4.79 Å². The number of piperidine rings is 1. The summed E-state index contributed by atoms with van der Waals surface area (Å²) < 4.78 is 0. The number of likely N-dealkylation sites (tertiary alicyclic amines) is 1. The van der Waals surface area contributed by atoms with Crippen molar-refractivity contribution in [2.45, 2.75) is 25.8 Å². The van der Waals surface area contributed by atoms with Crippen molar-refractivity contribution in [2.75, 3.05) is 18.4 Å². The molecule has 1 aliphatic rings. The van der Waals surface area contributed by atoms with Crippen molar-refractivity contribution < 1.29 is 9.90 Å². The number of anilines is 1. The van der Waals surface area contributed by atoms with Crippen LogP contribution in [0, 0.1) is 0 Å². The molecule has 0 atom stereocenters. The highest BCUT2D eigenvalue weighted by atomic mass is 16.3. The van der Waals surface area contributed by atoms with Crippen LogP contribution in [0.25, 0.3) is 0 Å². The molecule has 0 radical (unpaired) electrons. The maximum Gasteiger partial charge on any atom is 0.219 e. The Morgan fingerprint density at radius 2 is 2.12 bits per heavy atom. The number of hydrogen-bond acceptors (Lipinski definition) is 3. The molecule has 17 heavy (non-hydrogen) atoms. The van der Waals surface area contributed by atoms with Gasteiger partial charge in [-0.2, -0.15) is 0 Å². The maximum absolute atomic E-state index is 11.2. The van der Waals surface area contributed by atoms with E-state index in [1.54, 1.807) is 19.1 Å². The fourth-order valence-corrected chi connectivity index (χ4v) is 2.17. The Morgan fingerprint density at radius 1 is 1.41 bits per heavy atom. The van der Waals surface area contributed by atoms with Gasteiger partial charge < -0.3 is 15.3 Å². The van der Waals surface area contributed by atoms with Gasteiger partial charge in [-0.05, 0) is 25.0 Å². The first-order valence-electron chi connectivity index (χ1n) is 5.96. The molecule has 0 spiro atoms. The zero-order valence-corrected chi connectivity index (χ0v) is 10.0. The molecular weight excluding hydrogens is 216 g/mol. The molecule has 2 rings (SSSR count). The van der Waals surface area contributed by atoms with Crippen molar-refractivity contribution >= 4 is 11.6 Å². The smallest absolute Gasteiger partial charge is 0.219 e. The van der Waals surface area contributed by atoms with E-state index in [2.05, 4.69) is 5.32 Å². The molecule has 1 fully saturated rings. The number of amides is 1. The number of rotatable bonds is 2. The first-order valence-corrected chi connectivity index (χ1v) is 5.96. The van der Waals surface area contributed by atoms with E-state index in [1.165, 1.54) is 0 Å². The van der Waals surface area contributed by atoms with Crippen molar-refractivity contribution in [3.63, 3.8) is 0 Å². The van der Waals surface area contributed by atoms with Crippen LogP contribution in [0.3, 0.4) is 0 Å². The summed E-state index contributed by atoms with van der Waals surface area (Å²) in [5.74, 6) is 0.428. The average molecular weight is 234 g/mol. The van der Waals surface area contributed by atoms with Gasteiger partial charge in [0.2, 0.25) is 5.91 Å². The Labute approximate surface area is 101 Å². The van der Waals surface area contributed by atoms with E-state index >= 15 is 0 Å². The monoisotopic (exact) mass is 234 g/mol. The van der Waals surface area contributed by atoms with Gasteiger partial charge in [0.25, 0.3) is 0 Å². The van der Waals surface area contributed by atoms with Gasteiger partial charge in [0, 0.05) is 37.8 Å². The normalized spacial score (nSPS) is 16.9. The van der Waals surface area contributed by atoms with Crippen molar-refractivity contribution in [1.82, 2.24) is 4.90 Å². The van der Waals surface area contributed by atoms with Gasteiger partial charge in [-0.15, -0.1) is 0 Å². The first-order chi connectivity index (χ1) is 8.15. The predicted octanol–water partition coefficient (Wildman–Crippen LogP) is 1.82. The van der Waals surface area contributed by atoms with E-state index in [0.717, 1.165) is 31.6 Å². The van der Waals surface area contributed by atoms with Crippen LogP contribution in [-0.4, -0.2) is 35.0 Å². The van der Waals surface area contributed by atoms with Crippen molar-refractivity contribution in [2.24, 2.45) is 0 Å².